The first-order chi connectivity index (χ1) is 15.8. The molecule has 1 aromatic heterocycles. The Labute approximate surface area is 216 Å². The van der Waals surface area contributed by atoms with Gasteiger partial charge in [0, 0.05) is 16.5 Å². The van der Waals surface area contributed by atoms with E-state index in [-0.39, 0.29) is 17.9 Å². The average Bonchev–Trinajstić information content (AvgIpc) is 3.34. The zero-order valence-electron chi connectivity index (χ0n) is 20.7. The molecule has 1 heterocycles. The number of rotatable bonds is 15. The maximum absolute atomic E-state index is 5.98. The van der Waals surface area contributed by atoms with E-state index in [4.69, 9.17) is 9.72 Å². The van der Waals surface area contributed by atoms with E-state index in [1.807, 2.05) is 6.07 Å². The molecule has 3 rings (SSSR count). The van der Waals surface area contributed by atoms with E-state index in [2.05, 4.69) is 72.7 Å². The molecule has 0 bridgehead atoms. The molecule has 0 amide bonds. The van der Waals surface area contributed by atoms with E-state index >= 15 is 0 Å². The Hall–Kier alpha value is -1.92. The highest BCUT2D eigenvalue weighted by Crippen LogP contribution is 2.29. The van der Waals surface area contributed by atoms with Crippen LogP contribution in [0.3, 0.4) is 0 Å². The minimum absolute atomic E-state index is 0. The van der Waals surface area contributed by atoms with Crippen LogP contribution in [0.25, 0.3) is 21.8 Å². The molecule has 0 atom stereocenters. The first-order valence-electron chi connectivity index (χ1n) is 12.3. The lowest BCUT2D eigenvalue weighted by Gasteiger charge is -2.21. The van der Waals surface area contributed by atoms with Gasteiger partial charge in [-0.15, -0.1) is 23.7 Å². The molecule has 0 aliphatic carbocycles. The molecule has 2 aromatic carbocycles. The third-order valence-corrected chi connectivity index (χ3v) is 6.61. The van der Waals surface area contributed by atoms with Crippen molar-refractivity contribution < 1.29 is 10.2 Å². The lowest BCUT2D eigenvalue weighted by Crippen LogP contribution is -2.27. The smallest absolute Gasteiger partial charge is 0.124 e. The van der Waals surface area contributed by atoms with Crippen LogP contribution in [0.5, 0.6) is 5.75 Å². The van der Waals surface area contributed by atoms with Crippen molar-refractivity contribution in [2.75, 3.05) is 26.2 Å². The lowest BCUT2D eigenvalue weighted by atomic mass is 10.1. The fraction of sp³-hybridized carbons (Fsp3) is 0.464. The van der Waals surface area contributed by atoms with E-state index in [1.54, 1.807) is 11.3 Å². The van der Waals surface area contributed by atoms with Crippen LogP contribution < -0.4 is 4.74 Å². The van der Waals surface area contributed by atoms with Gasteiger partial charge >= 0.3 is 0 Å². The van der Waals surface area contributed by atoms with Crippen LogP contribution in [0.4, 0.5) is 0 Å². The highest BCUT2D eigenvalue weighted by atomic mass is 35.5. The van der Waals surface area contributed by atoms with Crippen LogP contribution in [-0.4, -0.2) is 41.6 Å². The predicted octanol–water partition coefficient (Wildman–Crippen LogP) is 7.53. The van der Waals surface area contributed by atoms with Crippen molar-refractivity contribution in [1.29, 1.82) is 0 Å². The average molecular weight is 505 g/mol. The largest absolute Gasteiger partial charge is 0.494 e. The second-order valence-corrected chi connectivity index (χ2v) is 9.24. The van der Waals surface area contributed by atoms with Gasteiger partial charge in [0.05, 0.1) is 12.3 Å². The van der Waals surface area contributed by atoms with Crippen LogP contribution in [0, 0.1) is 0 Å². The van der Waals surface area contributed by atoms with E-state index in [9.17, 15) is 0 Å². The molecule has 0 radical (unpaired) electrons. The Morgan fingerprint density at radius 2 is 1.41 bits per heavy atom. The van der Waals surface area contributed by atoms with Gasteiger partial charge in [0.15, 0.2) is 0 Å². The van der Waals surface area contributed by atoms with E-state index in [0.29, 0.717) is 0 Å². The quantitative estimate of drug-likeness (QED) is 0.201. The third-order valence-electron chi connectivity index (χ3n) is 5.72. The fourth-order valence-electron chi connectivity index (χ4n) is 3.74. The molecule has 0 spiro atoms. The second kappa shape index (κ2) is 17.5. The lowest BCUT2D eigenvalue weighted by molar-refractivity contribution is 0.252. The summed E-state index contributed by atoms with van der Waals surface area (Å²) < 4.78 is 5.98. The zero-order valence-corrected chi connectivity index (χ0v) is 22.3. The zero-order chi connectivity index (χ0) is 22.4. The van der Waals surface area contributed by atoms with Gasteiger partial charge in [-0.25, -0.2) is 4.98 Å². The number of thiazole rings is 1. The van der Waals surface area contributed by atoms with Crippen LogP contribution in [0.15, 0.2) is 60.0 Å². The maximum Gasteiger partial charge on any atom is 0.124 e. The first-order valence-corrected chi connectivity index (χ1v) is 13.1. The number of aromatic nitrogens is 1. The number of halogens is 1. The Morgan fingerprint density at radius 1 is 0.765 bits per heavy atom. The van der Waals surface area contributed by atoms with Crippen LogP contribution in [0.1, 0.15) is 58.8 Å². The summed E-state index contributed by atoms with van der Waals surface area (Å²) in [5, 5.41) is 3.19. The Kier molecular flexibility index (Phi) is 15.5. The van der Waals surface area contributed by atoms with Gasteiger partial charge < -0.3 is 15.1 Å². The fourth-order valence-corrected chi connectivity index (χ4v) is 4.58. The second-order valence-electron chi connectivity index (χ2n) is 8.39. The number of nitrogens with zero attached hydrogens (tertiary/aromatic N) is 2. The van der Waals surface area contributed by atoms with E-state index in [0.717, 1.165) is 35.0 Å². The van der Waals surface area contributed by atoms with Crippen molar-refractivity contribution in [1.82, 2.24) is 9.88 Å². The summed E-state index contributed by atoms with van der Waals surface area (Å²) in [6, 6.07) is 18.7. The normalized spacial score (nSPS) is 10.6. The van der Waals surface area contributed by atoms with E-state index in [1.165, 1.54) is 63.7 Å². The third kappa shape index (κ3) is 10.1. The summed E-state index contributed by atoms with van der Waals surface area (Å²) in [7, 11) is 0. The van der Waals surface area contributed by atoms with Crippen molar-refractivity contribution in [3.05, 3.63) is 60.0 Å². The van der Waals surface area contributed by atoms with Gasteiger partial charge in [-0.05, 0) is 76.0 Å². The summed E-state index contributed by atoms with van der Waals surface area (Å²) in [6.45, 7) is 9.09. The first kappa shape index (κ1) is 30.1. The van der Waals surface area contributed by atoms with Crippen LogP contribution in [-0.2, 0) is 0 Å². The number of ether oxygens (including phenoxy) is 1. The van der Waals surface area contributed by atoms with Gasteiger partial charge in [0.25, 0.3) is 0 Å². The number of hydrogen-bond donors (Lipinski definition) is 0. The van der Waals surface area contributed by atoms with Gasteiger partial charge in [0.2, 0.25) is 0 Å². The molecule has 0 aliphatic heterocycles. The number of hydrogen-bond acceptors (Lipinski definition) is 4. The van der Waals surface area contributed by atoms with Crippen molar-refractivity contribution in [3.8, 4) is 27.6 Å². The monoisotopic (exact) mass is 504 g/mol. The standard InChI is InChI=1S/C28H38N2OS.ClH.H2O/c1-3-5-19-30(20-6-4-2)21-11-8-12-22-31-26-17-15-24(16-18-26)27-23-32-28(29-27)25-13-9-7-10-14-25;;/h7,9-10,13-18,23H,3-6,8,11-12,19-22H2,1-2H3;1H;1H2. The van der Waals surface area contributed by atoms with Gasteiger partial charge in [-0.3, -0.25) is 0 Å². The van der Waals surface area contributed by atoms with E-state index < -0.39 is 0 Å². The van der Waals surface area contributed by atoms with Gasteiger partial charge in [-0.1, -0.05) is 57.0 Å². The topological polar surface area (TPSA) is 56.9 Å². The SMILES string of the molecule is CCCCN(CCCC)CCCCCOc1ccc(-c2csc(-c3ccccc3)n2)cc1.Cl.O. The minimum atomic E-state index is 0. The molecular formula is C28H41ClN2O2S. The van der Waals surface area contributed by atoms with Gasteiger partial charge in [0.1, 0.15) is 10.8 Å². The molecule has 188 valence electrons. The summed E-state index contributed by atoms with van der Waals surface area (Å²) >= 11 is 1.69. The van der Waals surface area contributed by atoms with Crippen molar-refractivity contribution in [3.63, 3.8) is 0 Å². The summed E-state index contributed by atoms with van der Waals surface area (Å²) in [6.07, 6.45) is 8.81. The molecule has 0 saturated carbocycles. The summed E-state index contributed by atoms with van der Waals surface area (Å²) in [5.74, 6) is 0.944. The molecular weight excluding hydrogens is 464 g/mol. The Bertz CT molecular complexity index is 879. The number of benzene rings is 2. The number of unbranched alkanes of at least 4 members (excludes halogenated alkanes) is 4. The van der Waals surface area contributed by atoms with Crippen molar-refractivity contribution in [2.24, 2.45) is 0 Å². The molecule has 2 N–H and O–H groups in total. The van der Waals surface area contributed by atoms with Crippen LogP contribution in [0.2, 0.25) is 0 Å². The predicted molar refractivity (Wildman–Crippen MR) is 149 cm³/mol. The molecule has 0 fully saturated rings. The highest BCUT2D eigenvalue weighted by Gasteiger charge is 2.07. The molecule has 34 heavy (non-hydrogen) atoms. The highest BCUT2D eigenvalue weighted by molar-refractivity contribution is 7.13. The Balaban J connectivity index is 0.00000289. The molecule has 0 aliphatic rings. The molecule has 0 unspecified atom stereocenters. The van der Waals surface area contributed by atoms with Gasteiger partial charge in [-0.2, -0.15) is 0 Å². The summed E-state index contributed by atoms with van der Waals surface area (Å²) in [4.78, 5) is 7.45. The molecule has 4 nitrogen and oxygen atoms in total. The molecule has 6 heteroatoms. The Morgan fingerprint density at radius 3 is 2.06 bits per heavy atom. The molecule has 3 aromatic rings. The van der Waals surface area contributed by atoms with Crippen molar-refractivity contribution >= 4 is 23.7 Å². The van der Waals surface area contributed by atoms with Crippen LogP contribution >= 0.6 is 23.7 Å². The maximum atomic E-state index is 5.98. The summed E-state index contributed by atoms with van der Waals surface area (Å²) in [5.41, 5.74) is 3.33. The minimum Gasteiger partial charge on any atom is -0.494 e. The van der Waals surface area contributed by atoms with Crippen molar-refractivity contribution in [2.45, 2.75) is 58.8 Å². The molecule has 0 saturated heterocycles.